The van der Waals surface area contributed by atoms with Crippen LogP contribution in [0.15, 0.2) is 18.2 Å². The zero-order valence-electron chi connectivity index (χ0n) is 13.7. The van der Waals surface area contributed by atoms with Crippen LogP contribution in [-0.4, -0.2) is 62.1 Å². The van der Waals surface area contributed by atoms with E-state index in [2.05, 4.69) is 16.8 Å². The molecule has 124 valence electrons. The first kappa shape index (κ1) is 14.8. The topological polar surface area (TPSA) is 42.0 Å². The molecule has 3 aliphatic rings. The van der Waals surface area contributed by atoms with Crippen LogP contribution >= 0.6 is 0 Å². The van der Waals surface area contributed by atoms with E-state index in [4.69, 9.17) is 9.47 Å². The highest BCUT2D eigenvalue weighted by Gasteiger charge is 2.39. The molecule has 1 aromatic rings. The Morgan fingerprint density at radius 1 is 1.09 bits per heavy atom. The van der Waals surface area contributed by atoms with E-state index in [1.54, 1.807) is 0 Å². The molecule has 5 nitrogen and oxygen atoms in total. The lowest BCUT2D eigenvalue weighted by atomic mass is 10.0. The lowest BCUT2D eigenvalue weighted by Crippen LogP contribution is -2.32. The number of fused-ring (bicyclic) bond motifs is 2. The van der Waals surface area contributed by atoms with E-state index < -0.39 is 0 Å². The van der Waals surface area contributed by atoms with Crippen molar-refractivity contribution in [1.29, 1.82) is 0 Å². The van der Waals surface area contributed by atoms with Gasteiger partial charge in [0.1, 0.15) is 13.2 Å². The number of benzene rings is 1. The highest BCUT2D eigenvalue weighted by atomic mass is 16.6. The van der Waals surface area contributed by atoms with E-state index in [1.165, 1.54) is 0 Å². The Kier molecular flexibility index (Phi) is 3.89. The molecule has 3 heterocycles. The van der Waals surface area contributed by atoms with Crippen LogP contribution in [0.1, 0.15) is 12.0 Å². The Hall–Kier alpha value is -1.75. The van der Waals surface area contributed by atoms with Crippen molar-refractivity contribution in [2.45, 2.75) is 12.8 Å². The molecule has 0 bridgehead atoms. The summed E-state index contributed by atoms with van der Waals surface area (Å²) in [4.78, 5) is 16.9. The second-order valence-electron chi connectivity index (χ2n) is 7.02. The summed E-state index contributed by atoms with van der Waals surface area (Å²) in [7, 11) is 2.17. The summed E-state index contributed by atoms with van der Waals surface area (Å²) in [5.74, 6) is 3.26. The highest BCUT2D eigenvalue weighted by molar-refractivity contribution is 5.76. The van der Waals surface area contributed by atoms with Gasteiger partial charge in [0, 0.05) is 32.6 Å². The third-order valence-corrected chi connectivity index (χ3v) is 5.26. The second-order valence-corrected chi connectivity index (χ2v) is 7.02. The first-order valence-electron chi connectivity index (χ1n) is 8.54. The molecule has 1 aromatic carbocycles. The number of aryl methyl sites for hydroxylation is 1. The molecule has 4 rings (SSSR count). The van der Waals surface area contributed by atoms with Crippen molar-refractivity contribution in [2.24, 2.45) is 11.8 Å². The first-order valence-corrected chi connectivity index (χ1v) is 8.54. The van der Waals surface area contributed by atoms with E-state index in [1.807, 2.05) is 18.2 Å². The maximum atomic E-state index is 12.5. The monoisotopic (exact) mass is 316 g/mol. The molecule has 0 aliphatic carbocycles. The van der Waals surface area contributed by atoms with Crippen LogP contribution in [-0.2, 0) is 11.2 Å². The Labute approximate surface area is 137 Å². The molecule has 0 saturated carbocycles. The Morgan fingerprint density at radius 2 is 1.78 bits per heavy atom. The van der Waals surface area contributed by atoms with E-state index in [-0.39, 0.29) is 5.91 Å². The van der Waals surface area contributed by atoms with Crippen molar-refractivity contribution in [2.75, 3.05) is 46.4 Å². The molecule has 0 spiro atoms. The molecule has 0 aromatic heterocycles. The minimum Gasteiger partial charge on any atom is -0.486 e. The summed E-state index contributed by atoms with van der Waals surface area (Å²) in [6.07, 6.45) is 1.34. The second kappa shape index (κ2) is 6.04. The van der Waals surface area contributed by atoms with Crippen LogP contribution in [0.4, 0.5) is 0 Å². The standard InChI is InChI=1S/C18H24N2O3/c1-19-9-14-11-20(12-15(14)10-19)18(21)5-3-13-2-4-16-17(8-13)23-7-6-22-16/h2,4,8,14-15H,3,5-7,9-12H2,1H3/t14-,15+. The average Bonchev–Trinajstić information content (AvgIpc) is 3.09. The van der Waals surface area contributed by atoms with Crippen molar-refractivity contribution in [3.63, 3.8) is 0 Å². The molecule has 23 heavy (non-hydrogen) atoms. The fourth-order valence-corrected chi connectivity index (χ4v) is 4.08. The Balaban J connectivity index is 1.32. The summed E-state index contributed by atoms with van der Waals surface area (Å²) in [6.45, 7) is 5.36. The zero-order valence-corrected chi connectivity index (χ0v) is 13.7. The zero-order chi connectivity index (χ0) is 15.8. The molecule has 0 radical (unpaired) electrons. The summed E-state index contributed by atoms with van der Waals surface area (Å²) in [5, 5.41) is 0. The van der Waals surface area contributed by atoms with Crippen LogP contribution in [0, 0.1) is 11.8 Å². The number of carbonyl (C=O) groups excluding carboxylic acids is 1. The predicted octanol–water partition coefficient (Wildman–Crippen LogP) is 1.41. The molecule has 3 aliphatic heterocycles. The van der Waals surface area contributed by atoms with Gasteiger partial charge in [0.2, 0.25) is 5.91 Å². The lowest BCUT2D eigenvalue weighted by Gasteiger charge is -2.20. The summed E-state index contributed by atoms with van der Waals surface area (Å²) >= 11 is 0. The molecule has 1 amide bonds. The van der Waals surface area contributed by atoms with Gasteiger partial charge >= 0.3 is 0 Å². The van der Waals surface area contributed by atoms with Crippen molar-refractivity contribution in [3.05, 3.63) is 23.8 Å². The maximum Gasteiger partial charge on any atom is 0.222 e. The maximum absolute atomic E-state index is 12.5. The molecule has 2 saturated heterocycles. The van der Waals surface area contributed by atoms with Gasteiger partial charge in [-0.1, -0.05) is 6.07 Å². The predicted molar refractivity (Wildman–Crippen MR) is 86.8 cm³/mol. The van der Waals surface area contributed by atoms with Crippen molar-refractivity contribution < 1.29 is 14.3 Å². The number of amides is 1. The molecule has 5 heteroatoms. The van der Waals surface area contributed by atoms with Gasteiger partial charge in [0.05, 0.1) is 0 Å². The lowest BCUT2D eigenvalue weighted by molar-refractivity contribution is -0.130. The summed E-state index contributed by atoms with van der Waals surface area (Å²) < 4.78 is 11.1. The van der Waals surface area contributed by atoms with Gasteiger partial charge < -0.3 is 19.3 Å². The number of nitrogens with zero attached hydrogens (tertiary/aromatic N) is 2. The average molecular weight is 316 g/mol. The third-order valence-electron chi connectivity index (χ3n) is 5.26. The van der Waals surface area contributed by atoms with Gasteiger partial charge in [-0.25, -0.2) is 0 Å². The Bertz CT molecular complexity index is 590. The van der Waals surface area contributed by atoms with Crippen LogP contribution in [0.25, 0.3) is 0 Å². The number of hydrogen-bond acceptors (Lipinski definition) is 4. The minimum atomic E-state index is 0.289. The largest absolute Gasteiger partial charge is 0.486 e. The van der Waals surface area contributed by atoms with Gasteiger partial charge in [0.25, 0.3) is 0 Å². The van der Waals surface area contributed by atoms with Crippen molar-refractivity contribution in [3.8, 4) is 11.5 Å². The van der Waals surface area contributed by atoms with Crippen LogP contribution < -0.4 is 9.47 Å². The molecule has 2 atom stereocenters. The molecule has 2 fully saturated rings. The summed E-state index contributed by atoms with van der Waals surface area (Å²) in [5.41, 5.74) is 1.14. The van der Waals surface area contributed by atoms with Crippen LogP contribution in [0.2, 0.25) is 0 Å². The van der Waals surface area contributed by atoms with E-state index in [0.717, 1.165) is 49.7 Å². The van der Waals surface area contributed by atoms with Crippen LogP contribution in [0.3, 0.4) is 0 Å². The fourth-order valence-electron chi connectivity index (χ4n) is 4.08. The van der Waals surface area contributed by atoms with Crippen LogP contribution in [0.5, 0.6) is 11.5 Å². The Morgan fingerprint density at radius 3 is 2.52 bits per heavy atom. The number of hydrogen-bond donors (Lipinski definition) is 0. The highest BCUT2D eigenvalue weighted by Crippen LogP contribution is 2.32. The normalized spacial score (nSPS) is 26.4. The van der Waals surface area contributed by atoms with E-state index in [0.29, 0.717) is 31.5 Å². The fraction of sp³-hybridized carbons (Fsp3) is 0.611. The van der Waals surface area contributed by atoms with Gasteiger partial charge in [-0.05, 0) is 43.0 Å². The molecular weight excluding hydrogens is 292 g/mol. The SMILES string of the molecule is CN1C[C@@H]2CN(C(=O)CCc3ccc4c(c3)OCCO4)C[C@@H]2C1. The number of rotatable bonds is 3. The molecular formula is C18H24N2O3. The third kappa shape index (κ3) is 3.02. The summed E-state index contributed by atoms with van der Waals surface area (Å²) in [6, 6.07) is 5.99. The van der Waals surface area contributed by atoms with Gasteiger partial charge in [-0.3, -0.25) is 4.79 Å². The van der Waals surface area contributed by atoms with Gasteiger partial charge in [-0.15, -0.1) is 0 Å². The number of ether oxygens (including phenoxy) is 2. The molecule has 0 N–H and O–H groups in total. The van der Waals surface area contributed by atoms with Crippen molar-refractivity contribution in [1.82, 2.24) is 9.80 Å². The van der Waals surface area contributed by atoms with E-state index >= 15 is 0 Å². The molecule has 0 unspecified atom stereocenters. The number of likely N-dealkylation sites (tertiary alicyclic amines) is 2. The first-order chi connectivity index (χ1) is 11.2. The quantitative estimate of drug-likeness (QED) is 0.846. The van der Waals surface area contributed by atoms with Gasteiger partial charge in [0.15, 0.2) is 11.5 Å². The van der Waals surface area contributed by atoms with Crippen molar-refractivity contribution >= 4 is 5.91 Å². The smallest absolute Gasteiger partial charge is 0.222 e. The number of carbonyl (C=O) groups is 1. The van der Waals surface area contributed by atoms with Gasteiger partial charge in [-0.2, -0.15) is 0 Å². The minimum absolute atomic E-state index is 0.289. The van der Waals surface area contributed by atoms with E-state index in [9.17, 15) is 4.79 Å².